The zero-order valence-corrected chi connectivity index (χ0v) is 26.7. The van der Waals surface area contributed by atoms with Gasteiger partial charge in [0.15, 0.2) is 11.2 Å². The monoisotopic (exact) mass is 605 g/mol. The summed E-state index contributed by atoms with van der Waals surface area (Å²) in [7, 11) is 0. The van der Waals surface area contributed by atoms with Gasteiger partial charge in [0.05, 0.1) is 0 Å². The Morgan fingerprint density at radius 2 is 0.739 bits per heavy atom. The molecule has 4 aromatic carbocycles. The highest BCUT2D eigenvalue weighted by Crippen LogP contribution is 2.47. The molecule has 0 unspecified atom stereocenters. The first-order valence-corrected chi connectivity index (χ1v) is 16.2. The van der Waals surface area contributed by atoms with E-state index >= 15 is 0 Å². The molecule has 230 valence electrons. The van der Waals surface area contributed by atoms with Crippen molar-refractivity contribution < 1.29 is 9.47 Å². The van der Waals surface area contributed by atoms with E-state index in [4.69, 9.17) is 24.4 Å². The van der Waals surface area contributed by atoms with Crippen LogP contribution in [0.1, 0.15) is 61.3 Å². The minimum Gasteiger partial charge on any atom is -0.458 e. The predicted molar refractivity (Wildman–Crippen MR) is 184 cm³/mol. The molecule has 46 heavy (non-hydrogen) atoms. The van der Waals surface area contributed by atoms with E-state index in [0.29, 0.717) is 23.2 Å². The highest BCUT2D eigenvalue weighted by Gasteiger charge is 2.53. The standard InChI is InChI=1S/C41H39N3O2/c1-28(2)36-40(30-18-9-5-10-19-30,31-20-11-6-12-21-31)45-38(43-36)34-26-17-27-35(42-34)39-44-37(29(3)4)41(46-39,32-22-13-7-14-23-32)33-24-15-8-16-25-33/h5-29,36-37H,1-4H3/t36-,37-/m1/s1. The van der Waals surface area contributed by atoms with E-state index in [-0.39, 0.29) is 23.9 Å². The van der Waals surface area contributed by atoms with Gasteiger partial charge in [-0.3, -0.25) is 0 Å². The number of aliphatic imine (C=N–C) groups is 2. The molecular formula is C41H39N3O2. The highest BCUT2D eigenvalue weighted by atomic mass is 16.5. The molecule has 0 saturated carbocycles. The fraction of sp³-hybridized carbons (Fsp3) is 0.244. The Kier molecular flexibility index (Phi) is 7.77. The van der Waals surface area contributed by atoms with Gasteiger partial charge < -0.3 is 9.47 Å². The lowest BCUT2D eigenvalue weighted by Crippen LogP contribution is -2.41. The minimum absolute atomic E-state index is 0.160. The van der Waals surface area contributed by atoms with Crippen LogP contribution in [0.2, 0.25) is 0 Å². The van der Waals surface area contributed by atoms with Crippen LogP contribution in [0.5, 0.6) is 0 Å². The van der Waals surface area contributed by atoms with Crippen LogP contribution in [0.4, 0.5) is 0 Å². The molecule has 7 rings (SSSR count). The van der Waals surface area contributed by atoms with E-state index in [1.807, 2.05) is 42.5 Å². The number of nitrogens with zero attached hydrogens (tertiary/aromatic N) is 3. The maximum Gasteiger partial charge on any atom is 0.237 e. The summed E-state index contributed by atoms with van der Waals surface area (Å²) in [6.45, 7) is 8.80. The summed E-state index contributed by atoms with van der Waals surface area (Å²) in [6.07, 6.45) is 0. The SMILES string of the molecule is CC(C)[C@H]1N=C(c2cccc(C3=N[C@H](C(C)C)C(c4ccccc4)(c4ccccc4)O3)n2)OC1(c1ccccc1)c1ccccc1. The number of hydrogen-bond acceptors (Lipinski definition) is 5. The third-order valence-electron chi connectivity index (χ3n) is 9.12. The van der Waals surface area contributed by atoms with Gasteiger partial charge in [0, 0.05) is 22.3 Å². The van der Waals surface area contributed by atoms with Crippen molar-refractivity contribution in [1.29, 1.82) is 0 Å². The van der Waals surface area contributed by atoms with E-state index in [2.05, 4.69) is 125 Å². The van der Waals surface area contributed by atoms with E-state index in [9.17, 15) is 0 Å². The Bertz CT molecular complexity index is 1640. The molecule has 0 fully saturated rings. The average Bonchev–Trinajstić information content (AvgIpc) is 3.73. The molecule has 5 heteroatoms. The molecule has 5 nitrogen and oxygen atoms in total. The van der Waals surface area contributed by atoms with Crippen molar-refractivity contribution in [3.63, 3.8) is 0 Å². The van der Waals surface area contributed by atoms with Crippen LogP contribution in [-0.2, 0) is 20.7 Å². The van der Waals surface area contributed by atoms with Gasteiger partial charge in [-0.2, -0.15) is 0 Å². The van der Waals surface area contributed by atoms with Crippen molar-refractivity contribution in [2.24, 2.45) is 21.8 Å². The summed E-state index contributed by atoms with van der Waals surface area (Å²) < 4.78 is 14.1. The number of hydrogen-bond donors (Lipinski definition) is 0. The van der Waals surface area contributed by atoms with Crippen molar-refractivity contribution in [3.8, 4) is 0 Å². The lowest BCUT2D eigenvalue weighted by Gasteiger charge is -2.36. The van der Waals surface area contributed by atoms with Gasteiger partial charge in [-0.15, -0.1) is 0 Å². The number of benzene rings is 4. The molecule has 0 spiro atoms. The molecule has 2 aliphatic rings. The largest absolute Gasteiger partial charge is 0.458 e. The first kappa shape index (κ1) is 29.7. The Labute approximate surface area is 271 Å². The second-order valence-electron chi connectivity index (χ2n) is 12.8. The highest BCUT2D eigenvalue weighted by molar-refractivity contribution is 5.98. The first-order chi connectivity index (χ1) is 22.4. The van der Waals surface area contributed by atoms with Gasteiger partial charge in [-0.05, 0) is 24.0 Å². The Morgan fingerprint density at radius 1 is 0.435 bits per heavy atom. The molecule has 0 radical (unpaired) electrons. The van der Waals surface area contributed by atoms with Crippen molar-refractivity contribution in [2.75, 3.05) is 0 Å². The topological polar surface area (TPSA) is 56.1 Å². The molecule has 0 amide bonds. The van der Waals surface area contributed by atoms with Crippen LogP contribution in [0.25, 0.3) is 0 Å². The first-order valence-electron chi connectivity index (χ1n) is 16.2. The second kappa shape index (κ2) is 12.1. The molecule has 2 atom stereocenters. The second-order valence-corrected chi connectivity index (χ2v) is 12.8. The van der Waals surface area contributed by atoms with Crippen LogP contribution in [0.3, 0.4) is 0 Å². The molecule has 0 N–H and O–H groups in total. The molecule has 0 saturated heterocycles. The van der Waals surface area contributed by atoms with Crippen LogP contribution < -0.4 is 0 Å². The summed E-state index contributed by atoms with van der Waals surface area (Å²) in [5.74, 6) is 1.44. The van der Waals surface area contributed by atoms with Crippen LogP contribution in [0.15, 0.2) is 150 Å². The van der Waals surface area contributed by atoms with Crippen LogP contribution in [-0.4, -0.2) is 28.9 Å². The van der Waals surface area contributed by atoms with Gasteiger partial charge in [-0.25, -0.2) is 15.0 Å². The number of ether oxygens (including phenoxy) is 2. The van der Waals surface area contributed by atoms with Gasteiger partial charge in [-0.1, -0.05) is 155 Å². The van der Waals surface area contributed by atoms with Crippen molar-refractivity contribution >= 4 is 11.8 Å². The number of pyridine rings is 1. The van der Waals surface area contributed by atoms with Crippen LogP contribution in [0, 0.1) is 11.8 Å². The van der Waals surface area contributed by atoms with E-state index < -0.39 is 11.2 Å². The Hall–Kier alpha value is -5.03. The molecule has 0 aliphatic carbocycles. The van der Waals surface area contributed by atoms with Crippen LogP contribution >= 0.6 is 0 Å². The maximum atomic E-state index is 7.04. The maximum absolute atomic E-state index is 7.04. The molecule has 2 aliphatic heterocycles. The van der Waals surface area contributed by atoms with Gasteiger partial charge >= 0.3 is 0 Å². The van der Waals surface area contributed by atoms with E-state index in [1.54, 1.807) is 0 Å². The smallest absolute Gasteiger partial charge is 0.237 e. The fourth-order valence-corrected chi connectivity index (χ4v) is 7.05. The quantitative estimate of drug-likeness (QED) is 0.178. The van der Waals surface area contributed by atoms with Gasteiger partial charge in [0.25, 0.3) is 0 Å². The number of aromatic nitrogens is 1. The lowest BCUT2D eigenvalue weighted by atomic mass is 9.76. The molecule has 1 aromatic heterocycles. The molecule has 0 bridgehead atoms. The van der Waals surface area contributed by atoms with Crippen molar-refractivity contribution in [2.45, 2.75) is 51.0 Å². The predicted octanol–water partition coefficient (Wildman–Crippen LogP) is 8.57. The normalized spacial score (nSPS) is 19.8. The molecule has 3 heterocycles. The molecule has 5 aromatic rings. The Balaban J connectivity index is 1.31. The fourth-order valence-electron chi connectivity index (χ4n) is 7.05. The lowest BCUT2D eigenvalue weighted by molar-refractivity contribution is 0.0807. The zero-order chi connectivity index (χ0) is 31.7. The third-order valence-corrected chi connectivity index (χ3v) is 9.12. The summed E-state index contributed by atoms with van der Waals surface area (Å²) in [6, 6.07) is 47.2. The number of rotatable bonds is 8. The van der Waals surface area contributed by atoms with Gasteiger partial charge in [0.1, 0.15) is 23.5 Å². The third kappa shape index (κ3) is 4.91. The summed E-state index contributed by atoms with van der Waals surface area (Å²) in [4.78, 5) is 15.6. The molecular weight excluding hydrogens is 566 g/mol. The van der Waals surface area contributed by atoms with E-state index in [0.717, 1.165) is 22.3 Å². The average molecular weight is 606 g/mol. The zero-order valence-electron chi connectivity index (χ0n) is 26.7. The summed E-state index contributed by atoms with van der Waals surface area (Å²) in [5, 5.41) is 0. The van der Waals surface area contributed by atoms with Crippen molar-refractivity contribution in [3.05, 3.63) is 173 Å². The van der Waals surface area contributed by atoms with E-state index in [1.165, 1.54) is 0 Å². The Morgan fingerprint density at radius 3 is 1.02 bits per heavy atom. The summed E-state index contributed by atoms with van der Waals surface area (Å²) in [5.41, 5.74) is 3.99. The minimum atomic E-state index is -0.788. The van der Waals surface area contributed by atoms with Gasteiger partial charge in [0.2, 0.25) is 11.8 Å². The summed E-state index contributed by atoms with van der Waals surface area (Å²) >= 11 is 0. The van der Waals surface area contributed by atoms with Crippen molar-refractivity contribution in [1.82, 2.24) is 4.98 Å².